The van der Waals surface area contributed by atoms with Crippen molar-refractivity contribution in [2.24, 2.45) is 5.92 Å². The lowest BCUT2D eigenvalue weighted by Crippen LogP contribution is -2.49. The van der Waals surface area contributed by atoms with Crippen LogP contribution in [0.25, 0.3) is 0 Å². The van der Waals surface area contributed by atoms with E-state index in [-0.39, 0.29) is 11.8 Å². The van der Waals surface area contributed by atoms with E-state index in [1.807, 2.05) is 0 Å². The normalized spacial score (nSPS) is 38.7. The van der Waals surface area contributed by atoms with Crippen LogP contribution in [0.2, 0.25) is 0 Å². The molecule has 5 heteroatoms. The number of aliphatic hydroxyl groups is 1. The van der Waals surface area contributed by atoms with Crippen molar-refractivity contribution in [1.82, 2.24) is 4.90 Å². The molecule has 2 rings (SSSR count). The molecule has 0 bridgehead atoms. The van der Waals surface area contributed by atoms with Gasteiger partial charge in [-0.2, -0.15) is 0 Å². The summed E-state index contributed by atoms with van der Waals surface area (Å²) in [7, 11) is -2.84. The van der Waals surface area contributed by atoms with Crippen molar-refractivity contribution in [2.75, 3.05) is 24.6 Å². The molecule has 4 nitrogen and oxygen atoms in total. The molecular formula is C14H27NO3S. The van der Waals surface area contributed by atoms with Gasteiger partial charge in [-0.05, 0) is 44.6 Å². The zero-order valence-electron chi connectivity index (χ0n) is 12.1. The Morgan fingerprint density at radius 1 is 1.26 bits per heavy atom. The zero-order valence-corrected chi connectivity index (χ0v) is 13.0. The smallest absolute Gasteiger partial charge is 0.151 e. The van der Waals surface area contributed by atoms with Crippen LogP contribution in [0.15, 0.2) is 0 Å². The Morgan fingerprint density at radius 2 is 1.89 bits per heavy atom. The summed E-state index contributed by atoms with van der Waals surface area (Å²) in [6, 6.07) is 0.110. The molecule has 1 heterocycles. The van der Waals surface area contributed by atoms with Crippen molar-refractivity contribution in [1.29, 1.82) is 0 Å². The Hall–Kier alpha value is -0.130. The molecule has 0 radical (unpaired) electrons. The van der Waals surface area contributed by atoms with Gasteiger partial charge in [0, 0.05) is 12.6 Å². The lowest BCUT2D eigenvalue weighted by Gasteiger charge is -2.40. The van der Waals surface area contributed by atoms with Gasteiger partial charge >= 0.3 is 0 Å². The molecule has 0 aromatic rings. The average Bonchev–Trinajstić information content (AvgIpc) is 2.71. The fraction of sp³-hybridized carbons (Fsp3) is 1.00. The minimum Gasteiger partial charge on any atom is -0.389 e. The Kier molecular flexibility index (Phi) is 4.58. The molecule has 19 heavy (non-hydrogen) atoms. The summed E-state index contributed by atoms with van der Waals surface area (Å²) in [5, 5.41) is 10.7. The fourth-order valence-electron chi connectivity index (χ4n) is 3.40. The van der Waals surface area contributed by atoms with Gasteiger partial charge < -0.3 is 5.11 Å². The second kappa shape index (κ2) is 5.70. The SMILES string of the molecule is CCN(CC1(O)CCC(C)CC1)C1CCS(=O)(=O)C1. The minimum absolute atomic E-state index is 0.110. The van der Waals surface area contributed by atoms with E-state index >= 15 is 0 Å². The summed E-state index contributed by atoms with van der Waals surface area (Å²) in [6.45, 7) is 5.74. The second-order valence-electron chi connectivity index (χ2n) is 6.53. The highest BCUT2D eigenvalue weighted by atomic mass is 32.2. The van der Waals surface area contributed by atoms with Gasteiger partial charge in [-0.3, -0.25) is 4.90 Å². The third-order valence-electron chi connectivity index (χ3n) is 4.83. The van der Waals surface area contributed by atoms with Crippen LogP contribution in [0.4, 0.5) is 0 Å². The van der Waals surface area contributed by atoms with E-state index in [1.165, 1.54) is 0 Å². The molecule has 1 N–H and O–H groups in total. The minimum atomic E-state index is -2.84. The van der Waals surface area contributed by atoms with Crippen molar-refractivity contribution < 1.29 is 13.5 Å². The third-order valence-corrected chi connectivity index (χ3v) is 6.58. The number of likely N-dealkylation sites (N-methyl/N-ethyl adjacent to an activating group) is 1. The first-order valence-corrected chi connectivity index (χ1v) is 9.32. The van der Waals surface area contributed by atoms with Crippen molar-refractivity contribution >= 4 is 9.84 Å². The Labute approximate surface area is 117 Å². The molecule has 1 saturated heterocycles. The highest BCUT2D eigenvalue weighted by Gasteiger charge is 2.38. The first-order valence-electron chi connectivity index (χ1n) is 7.50. The maximum atomic E-state index is 11.6. The van der Waals surface area contributed by atoms with Crippen molar-refractivity contribution in [2.45, 2.75) is 57.6 Å². The van der Waals surface area contributed by atoms with Crippen molar-refractivity contribution in [3.63, 3.8) is 0 Å². The van der Waals surface area contributed by atoms with Crippen LogP contribution >= 0.6 is 0 Å². The molecule has 1 unspecified atom stereocenters. The molecule has 112 valence electrons. The maximum Gasteiger partial charge on any atom is 0.151 e. The van der Waals surface area contributed by atoms with Crippen molar-refractivity contribution in [3.05, 3.63) is 0 Å². The second-order valence-corrected chi connectivity index (χ2v) is 8.76. The Balaban J connectivity index is 1.96. The molecule has 2 fully saturated rings. The topological polar surface area (TPSA) is 57.6 Å². The predicted octanol–water partition coefficient (Wildman–Crippen LogP) is 1.44. The van der Waals surface area contributed by atoms with Crippen LogP contribution in [-0.4, -0.2) is 54.7 Å². The highest BCUT2D eigenvalue weighted by molar-refractivity contribution is 7.91. The summed E-state index contributed by atoms with van der Waals surface area (Å²) >= 11 is 0. The van der Waals surface area contributed by atoms with E-state index in [4.69, 9.17) is 0 Å². The first-order chi connectivity index (χ1) is 8.84. The van der Waals surface area contributed by atoms with E-state index in [0.29, 0.717) is 18.2 Å². The van der Waals surface area contributed by atoms with Gasteiger partial charge in [-0.1, -0.05) is 13.8 Å². The molecule has 1 aliphatic carbocycles. The standard InChI is InChI=1S/C14H27NO3S/c1-3-15(13-6-9-19(17,18)10-13)11-14(16)7-4-12(2)5-8-14/h12-13,16H,3-11H2,1-2H3. The lowest BCUT2D eigenvalue weighted by molar-refractivity contribution is -0.0408. The van der Waals surface area contributed by atoms with Crippen LogP contribution in [0, 0.1) is 5.92 Å². The molecule has 1 aliphatic heterocycles. The summed E-state index contributed by atoms with van der Waals surface area (Å²) in [6.07, 6.45) is 4.59. The number of sulfone groups is 1. The number of rotatable bonds is 4. The average molecular weight is 289 g/mol. The van der Waals surface area contributed by atoms with Gasteiger partial charge in [-0.25, -0.2) is 8.42 Å². The summed E-state index contributed by atoms with van der Waals surface area (Å²) in [5.74, 6) is 1.29. The quantitative estimate of drug-likeness (QED) is 0.851. The van der Waals surface area contributed by atoms with E-state index < -0.39 is 15.4 Å². The predicted molar refractivity (Wildman–Crippen MR) is 76.9 cm³/mol. The molecule has 0 amide bonds. The van der Waals surface area contributed by atoms with E-state index in [2.05, 4.69) is 18.7 Å². The van der Waals surface area contributed by atoms with Crippen LogP contribution in [0.1, 0.15) is 46.0 Å². The van der Waals surface area contributed by atoms with Gasteiger partial charge in [0.2, 0.25) is 0 Å². The van der Waals surface area contributed by atoms with Crippen molar-refractivity contribution in [3.8, 4) is 0 Å². The van der Waals surface area contributed by atoms with Gasteiger partial charge in [-0.15, -0.1) is 0 Å². The lowest BCUT2D eigenvalue weighted by atomic mass is 9.79. The van der Waals surface area contributed by atoms with Crippen LogP contribution < -0.4 is 0 Å². The van der Waals surface area contributed by atoms with Crippen LogP contribution in [0.5, 0.6) is 0 Å². The molecule has 0 spiro atoms. The molecular weight excluding hydrogens is 262 g/mol. The zero-order chi connectivity index (χ0) is 14.1. The Bertz CT molecular complexity index is 399. The Morgan fingerprint density at radius 3 is 2.37 bits per heavy atom. The van der Waals surface area contributed by atoms with Gasteiger partial charge in [0.05, 0.1) is 17.1 Å². The molecule has 0 aromatic heterocycles. The molecule has 1 atom stereocenters. The monoisotopic (exact) mass is 289 g/mol. The number of nitrogens with zero attached hydrogens (tertiary/aromatic N) is 1. The molecule has 0 aromatic carbocycles. The van der Waals surface area contributed by atoms with Gasteiger partial charge in [0.15, 0.2) is 9.84 Å². The summed E-state index contributed by atoms with van der Waals surface area (Å²) in [4.78, 5) is 2.18. The van der Waals surface area contributed by atoms with E-state index in [0.717, 1.165) is 38.6 Å². The van der Waals surface area contributed by atoms with Gasteiger partial charge in [0.25, 0.3) is 0 Å². The summed E-state index contributed by atoms with van der Waals surface area (Å²) in [5.41, 5.74) is -0.602. The number of hydrogen-bond acceptors (Lipinski definition) is 4. The number of hydrogen-bond donors (Lipinski definition) is 1. The third kappa shape index (κ3) is 3.92. The summed E-state index contributed by atoms with van der Waals surface area (Å²) < 4.78 is 23.2. The van der Waals surface area contributed by atoms with Crippen LogP contribution in [-0.2, 0) is 9.84 Å². The molecule has 2 aliphatic rings. The highest BCUT2D eigenvalue weighted by Crippen LogP contribution is 2.33. The molecule has 1 saturated carbocycles. The fourth-order valence-corrected chi connectivity index (χ4v) is 5.16. The van der Waals surface area contributed by atoms with Crippen LogP contribution in [0.3, 0.4) is 0 Å². The van der Waals surface area contributed by atoms with E-state index in [1.54, 1.807) is 0 Å². The maximum absolute atomic E-state index is 11.6. The largest absolute Gasteiger partial charge is 0.389 e. The first kappa shape index (κ1) is 15.3. The van der Waals surface area contributed by atoms with Gasteiger partial charge in [0.1, 0.15) is 0 Å². The van der Waals surface area contributed by atoms with E-state index in [9.17, 15) is 13.5 Å².